The van der Waals surface area contributed by atoms with Crippen LogP contribution < -0.4 is 4.74 Å². The maximum atomic E-state index is 9.93. The second kappa shape index (κ2) is 6.20. The Labute approximate surface area is 130 Å². The van der Waals surface area contributed by atoms with E-state index in [2.05, 4.69) is 11.9 Å². The molecule has 22 heavy (non-hydrogen) atoms. The van der Waals surface area contributed by atoms with Crippen LogP contribution in [-0.4, -0.2) is 21.3 Å². The van der Waals surface area contributed by atoms with Crippen molar-refractivity contribution in [2.75, 3.05) is 6.61 Å². The molecule has 1 aromatic heterocycles. The molecule has 4 heteroatoms. The highest BCUT2D eigenvalue weighted by Gasteiger charge is 2.14. The van der Waals surface area contributed by atoms with Gasteiger partial charge in [0.15, 0.2) is 0 Å². The second-order valence-electron chi connectivity index (χ2n) is 5.45. The van der Waals surface area contributed by atoms with Gasteiger partial charge in [0.2, 0.25) is 0 Å². The standard InChI is InChI=1S/C18H20N2O2/c1-13-7-9-15(10-8-13)22-12-11-20-17-6-4-3-5-16(17)19-18(20)14(2)21/h3-10,14,21H,11-12H2,1-2H3. The van der Waals surface area contributed by atoms with Crippen molar-refractivity contribution in [2.24, 2.45) is 0 Å². The molecule has 0 spiro atoms. The van der Waals surface area contributed by atoms with Crippen LogP contribution in [0.25, 0.3) is 11.0 Å². The van der Waals surface area contributed by atoms with Crippen LogP contribution in [0.15, 0.2) is 48.5 Å². The lowest BCUT2D eigenvalue weighted by Crippen LogP contribution is -2.12. The molecule has 1 N–H and O–H groups in total. The summed E-state index contributed by atoms with van der Waals surface area (Å²) in [4.78, 5) is 4.51. The average Bonchev–Trinajstić information content (AvgIpc) is 2.89. The molecule has 3 rings (SSSR count). The molecular formula is C18H20N2O2. The fraction of sp³-hybridized carbons (Fsp3) is 0.278. The highest BCUT2D eigenvalue weighted by Crippen LogP contribution is 2.20. The summed E-state index contributed by atoms with van der Waals surface area (Å²) in [5, 5.41) is 9.93. The zero-order valence-electron chi connectivity index (χ0n) is 12.9. The number of hydrogen-bond donors (Lipinski definition) is 1. The van der Waals surface area contributed by atoms with E-state index >= 15 is 0 Å². The number of aliphatic hydroxyl groups is 1. The van der Waals surface area contributed by atoms with Crippen molar-refractivity contribution in [2.45, 2.75) is 26.5 Å². The van der Waals surface area contributed by atoms with Crippen molar-refractivity contribution in [3.8, 4) is 5.75 Å². The second-order valence-corrected chi connectivity index (χ2v) is 5.45. The zero-order valence-corrected chi connectivity index (χ0v) is 12.9. The van der Waals surface area contributed by atoms with Crippen LogP contribution in [-0.2, 0) is 6.54 Å². The van der Waals surface area contributed by atoms with Gasteiger partial charge in [0, 0.05) is 0 Å². The third-order valence-electron chi connectivity index (χ3n) is 3.66. The first-order chi connectivity index (χ1) is 10.6. The SMILES string of the molecule is Cc1ccc(OCCn2c(C(C)O)nc3ccccc32)cc1. The van der Waals surface area contributed by atoms with Crippen LogP contribution in [0.4, 0.5) is 0 Å². The quantitative estimate of drug-likeness (QED) is 0.784. The minimum Gasteiger partial charge on any atom is -0.492 e. The van der Waals surface area contributed by atoms with E-state index in [0.29, 0.717) is 19.0 Å². The van der Waals surface area contributed by atoms with Crippen molar-refractivity contribution < 1.29 is 9.84 Å². The van der Waals surface area contributed by atoms with Gasteiger partial charge in [0.1, 0.15) is 24.3 Å². The summed E-state index contributed by atoms with van der Waals surface area (Å²) < 4.78 is 7.81. The lowest BCUT2D eigenvalue weighted by Gasteiger charge is -2.12. The molecule has 0 saturated heterocycles. The van der Waals surface area contributed by atoms with Gasteiger partial charge >= 0.3 is 0 Å². The van der Waals surface area contributed by atoms with Gasteiger partial charge in [-0.05, 0) is 38.1 Å². The molecule has 1 heterocycles. The third kappa shape index (κ3) is 2.97. The fourth-order valence-corrected chi connectivity index (χ4v) is 2.54. The Morgan fingerprint density at radius 2 is 1.86 bits per heavy atom. The summed E-state index contributed by atoms with van der Waals surface area (Å²) in [6.07, 6.45) is -0.605. The van der Waals surface area contributed by atoms with Gasteiger partial charge in [-0.3, -0.25) is 0 Å². The van der Waals surface area contributed by atoms with E-state index in [0.717, 1.165) is 16.8 Å². The number of para-hydroxylation sites is 2. The van der Waals surface area contributed by atoms with E-state index in [-0.39, 0.29) is 0 Å². The predicted molar refractivity (Wildman–Crippen MR) is 87.0 cm³/mol. The number of fused-ring (bicyclic) bond motifs is 1. The molecule has 0 amide bonds. The van der Waals surface area contributed by atoms with E-state index in [1.165, 1.54) is 5.56 Å². The van der Waals surface area contributed by atoms with Crippen LogP contribution in [0.1, 0.15) is 24.4 Å². The molecule has 3 aromatic rings. The highest BCUT2D eigenvalue weighted by molar-refractivity contribution is 5.76. The molecule has 0 aliphatic heterocycles. The maximum absolute atomic E-state index is 9.93. The van der Waals surface area contributed by atoms with Crippen LogP contribution in [0, 0.1) is 6.92 Å². The Morgan fingerprint density at radius 1 is 1.14 bits per heavy atom. The number of aliphatic hydroxyl groups excluding tert-OH is 1. The maximum Gasteiger partial charge on any atom is 0.138 e. The third-order valence-corrected chi connectivity index (χ3v) is 3.66. The van der Waals surface area contributed by atoms with E-state index in [1.807, 2.05) is 53.1 Å². The normalized spacial score (nSPS) is 12.5. The first-order valence-electron chi connectivity index (χ1n) is 7.48. The van der Waals surface area contributed by atoms with E-state index < -0.39 is 6.10 Å². The summed E-state index contributed by atoms with van der Waals surface area (Å²) in [5.74, 6) is 1.53. The molecular weight excluding hydrogens is 276 g/mol. The summed E-state index contributed by atoms with van der Waals surface area (Å²) in [7, 11) is 0. The number of ether oxygens (including phenoxy) is 1. The van der Waals surface area contributed by atoms with Gasteiger partial charge in [-0.1, -0.05) is 29.8 Å². The van der Waals surface area contributed by atoms with Gasteiger partial charge < -0.3 is 14.4 Å². The number of hydrogen-bond acceptors (Lipinski definition) is 3. The monoisotopic (exact) mass is 296 g/mol. The van der Waals surface area contributed by atoms with E-state index in [9.17, 15) is 5.11 Å². The van der Waals surface area contributed by atoms with E-state index in [4.69, 9.17) is 4.74 Å². The first kappa shape index (κ1) is 14.6. The van der Waals surface area contributed by atoms with Crippen LogP contribution >= 0.6 is 0 Å². The minimum atomic E-state index is -0.605. The van der Waals surface area contributed by atoms with Crippen molar-refractivity contribution in [3.63, 3.8) is 0 Å². The average molecular weight is 296 g/mol. The highest BCUT2D eigenvalue weighted by atomic mass is 16.5. The zero-order chi connectivity index (χ0) is 15.5. The number of nitrogens with zero attached hydrogens (tertiary/aromatic N) is 2. The molecule has 0 aliphatic rings. The first-order valence-corrected chi connectivity index (χ1v) is 7.48. The molecule has 0 aliphatic carbocycles. The topological polar surface area (TPSA) is 47.3 Å². The molecule has 0 saturated carbocycles. The molecule has 1 unspecified atom stereocenters. The summed E-state index contributed by atoms with van der Waals surface area (Å²) in [6, 6.07) is 15.9. The predicted octanol–water partition coefficient (Wildman–Crippen LogP) is 3.48. The van der Waals surface area contributed by atoms with Crippen molar-refractivity contribution in [1.29, 1.82) is 0 Å². The van der Waals surface area contributed by atoms with Crippen LogP contribution in [0.5, 0.6) is 5.75 Å². The fourth-order valence-electron chi connectivity index (χ4n) is 2.54. The van der Waals surface area contributed by atoms with Gasteiger partial charge in [0.25, 0.3) is 0 Å². The molecule has 0 bridgehead atoms. The van der Waals surface area contributed by atoms with Crippen molar-refractivity contribution >= 4 is 11.0 Å². The molecule has 0 radical (unpaired) electrons. The van der Waals surface area contributed by atoms with Crippen molar-refractivity contribution in [3.05, 3.63) is 59.9 Å². The summed E-state index contributed by atoms with van der Waals surface area (Å²) in [6.45, 7) is 4.96. The number of aromatic nitrogens is 2. The lowest BCUT2D eigenvalue weighted by molar-refractivity contribution is 0.181. The summed E-state index contributed by atoms with van der Waals surface area (Å²) >= 11 is 0. The number of benzene rings is 2. The number of rotatable bonds is 5. The Hall–Kier alpha value is -2.33. The number of imidazole rings is 1. The Bertz CT molecular complexity index is 760. The van der Waals surface area contributed by atoms with E-state index in [1.54, 1.807) is 6.92 Å². The molecule has 0 fully saturated rings. The Balaban J connectivity index is 1.78. The smallest absolute Gasteiger partial charge is 0.138 e. The molecule has 1 atom stereocenters. The molecule has 4 nitrogen and oxygen atoms in total. The van der Waals surface area contributed by atoms with Gasteiger partial charge in [-0.25, -0.2) is 4.98 Å². The summed E-state index contributed by atoms with van der Waals surface area (Å²) in [5.41, 5.74) is 3.13. The molecule has 114 valence electrons. The largest absolute Gasteiger partial charge is 0.492 e. The van der Waals surface area contributed by atoms with Crippen LogP contribution in [0.3, 0.4) is 0 Å². The van der Waals surface area contributed by atoms with Crippen molar-refractivity contribution in [1.82, 2.24) is 9.55 Å². The Morgan fingerprint density at radius 3 is 2.59 bits per heavy atom. The minimum absolute atomic E-state index is 0.531. The Kier molecular flexibility index (Phi) is 4.11. The number of aryl methyl sites for hydroxylation is 1. The van der Waals surface area contributed by atoms with Gasteiger partial charge in [-0.2, -0.15) is 0 Å². The van der Waals surface area contributed by atoms with Gasteiger partial charge in [0.05, 0.1) is 17.6 Å². The van der Waals surface area contributed by atoms with Crippen LogP contribution in [0.2, 0.25) is 0 Å². The van der Waals surface area contributed by atoms with Gasteiger partial charge in [-0.15, -0.1) is 0 Å². The lowest BCUT2D eigenvalue weighted by atomic mass is 10.2. The molecule has 2 aromatic carbocycles.